The van der Waals surface area contributed by atoms with Crippen LogP contribution < -0.4 is 10.6 Å². The fraction of sp³-hybridized carbons (Fsp3) is 0.208. The molecule has 4 rings (SSSR count). The average Bonchev–Trinajstić information content (AvgIpc) is 3.45. The molecule has 34 heavy (non-hydrogen) atoms. The van der Waals surface area contributed by atoms with Gasteiger partial charge in [0, 0.05) is 35.4 Å². The van der Waals surface area contributed by atoms with Crippen molar-refractivity contribution in [3.8, 4) is 16.8 Å². The van der Waals surface area contributed by atoms with Crippen molar-refractivity contribution in [2.24, 2.45) is 0 Å². The summed E-state index contributed by atoms with van der Waals surface area (Å²) < 4.78 is 38.5. The summed E-state index contributed by atoms with van der Waals surface area (Å²) in [7, 11) is 0. The van der Waals surface area contributed by atoms with Gasteiger partial charge in [-0.3, -0.25) is 9.59 Å². The van der Waals surface area contributed by atoms with E-state index in [9.17, 15) is 22.8 Å². The second kappa shape index (κ2) is 9.42. The molecule has 2 heterocycles. The van der Waals surface area contributed by atoms with Crippen LogP contribution in [0.2, 0.25) is 0 Å². The van der Waals surface area contributed by atoms with Crippen molar-refractivity contribution < 1.29 is 22.8 Å². The number of H-pyrrole nitrogens is 1. The molecule has 0 bridgehead atoms. The monoisotopic (exact) mass is 469 g/mol. The lowest BCUT2D eigenvalue weighted by Crippen LogP contribution is -2.37. The molecule has 0 aliphatic carbocycles. The van der Waals surface area contributed by atoms with E-state index in [4.69, 9.17) is 0 Å². The number of nitrogens with zero attached hydrogens (tertiary/aromatic N) is 2. The van der Waals surface area contributed by atoms with Crippen LogP contribution >= 0.6 is 0 Å². The molecule has 0 aliphatic heterocycles. The second-order valence-electron chi connectivity index (χ2n) is 7.73. The van der Waals surface area contributed by atoms with E-state index < -0.39 is 31.0 Å². The molecule has 7 nitrogen and oxygen atoms in total. The van der Waals surface area contributed by atoms with E-state index in [-0.39, 0.29) is 0 Å². The maximum Gasteiger partial charge on any atom is 0.390 e. The number of hydrogen-bond donors (Lipinski definition) is 3. The van der Waals surface area contributed by atoms with Crippen LogP contribution in [-0.2, 0) is 16.0 Å². The summed E-state index contributed by atoms with van der Waals surface area (Å²) in [4.78, 5) is 27.0. The minimum absolute atomic E-state index is 0.343. The Labute approximate surface area is 193 Å². The van der Waals surface area contributed by atoms with Gasteiger partial charge < -0.3 is 15.6 Å². The van der Waals surface area contributed by atoms with Gasteiger partial charge in [-0.2, -0.15) is 18.3 Å². The molecule has 10 heteroatoms. The number of carbonyl (C=O) groups excluding carboxylic acids is 2. The van der Waals surface area contributed by atoms with Gasteiger partial charge >= 0.3 is 18.0 Å². The Morgan fingerprint density at radius 1 is 1.06 bits per heavy atom. The molecule has 2 aromatic carbocycles. The van der Waals surface area contributed by atoms with Gasteiger partial charge in [0.2, 0.25) is 0 Å². The van der Waals surface area contributed by atoms with Crippen molar-refractivity contribution in [2.75, 3.05) is 11.9 Å². The Hall–Kier alpha value is -4.08. The molecule has 0 aliphatic rings. The molecule has 0 atom stereocenters. The molecule has 0 saturated carbocycles. The number of benzene rings is 2. The maximum atomic E-state index is 12.2. The van der Waals surface area contributed by atoms with Gasteiger partial charge in [0.25, 0.3) is 0 Å². The van der Waals surface area contributed by atoms with Crippen molar-refractivity contribution in [1.82, 2.24) is 20.1 Å². The molecule has 3 N–H and O–H groups in total. The van der Waals surface area contributed by atoms with Crippen molar-refractivity contribution in [2.45, 2.75) is 25.9 Å². The summed E-state index contributed by atoms with van der Waals surface area (Å²) in [5.74, 6) is -2.18. The predicted molar refractivity (Wildman–Crippen MR) is 123 cm³/mol. The highest BCUT2D eigenvalue weighted by molar-refractivity contribution is 6.40. The zero-order chi connectivity index (χ0) is 24.3. The normalized spacial score (nSPS) is 11.5. The van der Waals surface area contributed by atoms with Gasteiger partial charge in [0.1, 0.15) is 0 Å². The number of alkyl halides is 3. The lowest BCUT2D eigenvalue weighted by molar-refractivity contribution is -0.140. The third-order valence-corrected chi connectivity index (χ3v) is 5.36. The van der Waals surface area contributed by atoms with E-state index >= 15 is 0 Å². The average molecular weight is 469 g/mol. The van der Waals surface area contributed by atoms with Crippen LogP contribution in [0.4, 0.5) is 18.9 Å². The standard InChI is InChI=1S/C24H22F3N5O2/c1-2-15-3-6-18(7-4-15)32-14-17(12-30-32)16-5-8-20-19(11-16)21(13-29-20)31-23(34)22(33)28-10-9-24(25,26)27/h3-8,11-14,29H,2,9-10H2,1H3,(H,28,33)(H,31,34). The summed E-state index contributed by atoms with van der Waals surface area (Å²) in [5.41, 5.74) is 4.92. The van der Waals surface area contributed by atoms with Crippen LogP contribution in [0, 0.1) is 0 Å². The number of aryl methyl sites for hydroxylation is 1. The van der Waals surface area contributed by atoms with Gasteiger partial charge in [-0.1, -0.05) is 25.1 Å². The molecule has 0 radical (unpaired) electrons. The highest BCUT2D eigenvalue weighted by Gasteiger charge is 2.27. The number of aromatic amines is 1. The number of aromatic nitrogens is 3. The van der Waals surface area contributed by atoms with Gasteiger partial charge in [-0.15, -0.1) is 0 Å². The molecular formula is C24H22F3N5O2. The Morgan fingerprint density at radius 2 is 1.82 bits per heavy atom. The third kappa shape index (κ3) is 5.28. The molecule has 0 unspecified atom stereocenters. The number of halogens is 3. The van der Waals surface area contributed by atoms with E-state index in [1.165, 1.54) is 11.8 Å². The first-order chi connectivity index (χ1) is 16.2. The summed E-state index contributed by atoms with van der Waals surface area (Å²) in [6.45, 7) is 1.42. The largest absolute Gasteiger partial charge is 0.390 e. The van der Waals surface area contributed by atoms with E-state index in [1.807, 2.05) is 41.8 Å². The number of anilines is 1. The summed E-state index contributed by atoms with van der Waals surface area (Å²) in [6.07, 6.45) is 0.473. The third-order valence-electron chi connectivity index (χ3n) is 5.36. The molecule has 176 valence electrons. The van der Waals surface area contributed by atoms with Crippen LogP contribution in [0.1, 0.15) is 18.9 Å². The second-order valence-corrected chi connectivity index (χ2v) is 7.73. The molecule has 0 spiro atoms. The maximum absolute atomic E-state index is 12.2. The van der Waals surface area contributed by atoms with E-state index in [2.05, 4.69) is 34.5 Å². The van der Waals surface area contributed by atoms with E-state index in [0.717, 1.165) is 28.8 Å². The van der Waals surface area contributed by atoms with E-state index in [0.29, 0.717) is 11.1 Å². The molecule has 0 saturated heterocycles. The minimum Gasteiger partial charge on any atom is -0.359 e. The van der Waals surface area contributed by atoms with Crippen molar-refractivity contribution in [3.63, 3.8) is 0 Å². The van der Waals surface area contributed by atoms with Gasteiger partial charge in [0.15, 0.2) is 0 Å². The number of nitrogens with one attached hydrogen (secondary N) is 3. The van der Waals surface area contributed by atoms with Crippen LogP contribution in [0.15, 0.2) is 61.1 Å². The number of hydrogen-bond acceptors (Lipinski definition) is 3. The number of rotatable bonds is 6. The first-order valence-corrected chi connectivity index (χ1v) is 10.6. The van der Waals surface area contributed by atoms with Crippen molar-refractivity contribution in [1.29, 1.82) is 0 Å². The molecule has 4 aromatic rings. The Bertz CT molecular complexity index is 1320. The van der Waals surface area contributed by atoms with E-state index in [1.54, 1.807) is 10.9 Å². The number of amides is 2. The topological polar surface area (TPSA) is 91.8 Å². The lowest BCUT2D eigenvalue weighted by atomic mass is 10.1. The first-order valence-electron chi connectivity index (χ1n) is 10.6. The van der Waals surface area contributed by atoms with Gasteiger partial charge in [0.05, 0.1) is 24.0 Å². The van der Waals surface area contributed by atoms with Gasteiger partial charge in [-0.05, 0) is 41.8 Å². The number of fused-ring (bicyclic) bond motifs is 1. The Morgan fingerprint density at radius 3 is 2.53 bits per heavy atom. The zero-order valence-corrected chi connectivity index (χ0v) is 18.2. The SMILES string of the molecule is CCc1ccc(-n2cc(-c3ccc4[nH]cc(NC(=O)C(=O)NCCC(F)(F)F)c4c3)cn2)cc1. The lowest BCUT2D eigenvalue weighted by Gasteiger charge is -2.08. The summed E-state index contributed by atoms with van der Waals surface area (Å²) >= 11 is 0. The Balaban J connectivity index is 1.50. The van der Waals surface area contributed by atoms with Crippen LogP contribution in [-0.4, -0.2) is 39.3 Å². The minimum atomic E-state index is -4.41. The number of carbonyl (C=O) groups is 2. The van der Waals surface area contributed by atoms with Crippen LogP contribution in [0.5, 0.6) is 0 Å². The zero-order valence-electron chi connectivity index (χ0n) is 18.2. The molecule has 2 amide bonds. The Kier molecular flexibility index (Phi) is 6.40. The van der Waals surface area contributed by atoms with Gasteiger partial charge in [-0.25, -0.2) is 4.68 Å². The highest BCUT2D eigenvalue weighted by Crippen LogP contribution is 2.29. The summed E-state index contributed by atoms with van der Waals surface area (Å²) in [6, 6.07) is 13.7. The highest BCUT2D eigenvalue weighted by atomic mass is 19.4. The van der Waals surface area contributed by atoms with Crippen molar-refractivity contribution >= 4 is 28.4 Å². The van der Waals surface area contributed by atoms with Crippen LogP contribution in [0.25, 0.3) is 27.7 Å². The fourth-order valence-electron chi connectivity index (χ4n) is 3.48. The molecular weight excluding hydrogens is 447 g/mol. The summed E-state index contributed by atoms with van der Waals surface area (Å²) in [5, 5.41) is 9.50. The molecule has 2 aromatic heterocycles. The first kappa shape index (κ1) is 23.1. The van der Waals surface area contributed by atoms with Crippen LogP contribution in [0.3, 0.4) is 0 Å². The molecule has 0 fully saturated rings. The quantitative estimate of drug-likeness (QED) is 0.361. The predicted octanol–water partition coefficient (Wildman–Crippen LogP) is 4.59. The smallest absolute Gasteiger partial charge is 0.359 e. The van der Waals surface area contributed by atoms with Crippen molar-refractivity contribution in [3.05, 3.63) is 66.6 Å². The fourth-order valence-corrected chi connectivity index (χ4v) is 3.48.